The van der Waals surface area contributed by atoms with Crippen LogP contribution in [0, 0.1) is 23.0 Å². The Morgan fingerprint density at radius 3 is 2.52 bits per heavy atom. The predicted octanol–water partition coefficient (Wildman–Crippen LogP) is 3.93. The maximum absolute atomic E-state index is 14.0. The Kier molecular flexibility index (Phi) is 4.05. The number of para-hydroxylation sites is 1. The van der Waals surface area contributed by atoms with E-state index >= 15 is 0 Å². The van der Waals surface area contributed by atoms with Crippen LogP contribution in [-0.4, -0.2) is 11.1 Å². The third-order valence-corrected chi connectivity index (χ3v) is 3.02. The molecule has 0 fully saturated rings. The topological polar surface area (TPSA) is 73.1 Å². The second kappa shape index (κ2) is 5.77. The monoisotopic (exact) mass is 308 g/mol. The van der Waals surface area contributed by atoms with Gasteiger partial charge in [-0.15, -0.1) is 0 Å². The van der Waals surface area contributed by atoms with Gasteiger partial charge in [0.1, 0.15) is 6.07 Å². The molecule has 0 atom stereocenters. The van der Waals surface area contributed by atoms with Crippen molar-refractivity contribution in [3.8, 4) is 6.07 Å². The molecule has 106 valence electrons. The Labute approximate surface area is 123 Å². The summed E-state index contributed by atoms with van der Waals surface area (Å²) in [5, 5.41) is 20.4. The molecule has 2 aromatic rings. The first-order valence-electron chi connectivity index (χ1n) is 5.62. The number of rotatable bonds is 3. The van der Waals surface area contributed by atoms with Crippen LogP contribution in [0.2, 0.25) is 5.02 Å². The van der Waals surface area contributed by atoms with E-state index in [0.29, 0.717) is 0 Å². The predicted molar refractivity (Wildman–Crippen MR) is 72.8 cm³/mol. The highest BCUT2D eigenvalue weighted by atomic mass is 35.5. The number of nitrogens with one attached hydrogen (secondary N) is 1. The Morgan fingerprint density at radius 2 is 1.95 bits per heavy atom. The van der Waals surface area contributed by atoms with Crippen molar-refractivity contribution >= 4 is 28.9 Å². The number of halogens is 3. The second-order valence-corrected chi connectivity index (χ2v) is 4.40. The summed E-state index contributed by atoms with van der Waals surface area (Å²) in [6, 6.07) is 8.36. The van der Waals surface area contributed by atoms with Crippen LogP contribution in [0.3, 0.4) is 0 Å². The van der Waals surface area contributed by atoms with Gasteiger partial charge in [0.2, 0.25) is 0 Å². The number of carbonyl (C=O) groups is 1. The number of benzene rings is 2. The van der Waals surface area contributed by atoms with E-state index < -0.39 is 34.4 Å². The van der Waals surface area contributed by atoms with Gasteiger partial charge < -0.3 is 10.4 Å². The molecule has 0 bridgehead atoms. The summed E-state index contributed by atoms with van der Waals surface area (Å²) in [5.41, 5.74) is -1.63. The Hall–Kier alpha value is -2.65. The molecule has 0 aliphatic heterocycles. The van der Waals surface area contributed by atoms with E-state index in [0.717, 1.165) is 6.07 Å². The van der Waals surface area contributed by atoms with Gasteiger partial charge in [0.15, 0.2) is 11.6 Å². The summed E-state index contributed by atoms with van der Waals surface area (Å²) in [6.07, 6.45) is 0. The van der Waals surface area contributed by atoms with Gasteiger partial charge in [0.05, 0.1) is 27.5 Å². The zero-order chi connectivity index (χ0) is 15.6. The molecule has 0 heterocycles. The van der Waals surface area contributed by atoms with Gasteiger partial charge in [-0.3, -0.25) is 0 Å². The number of hydrogen-bond donors (Lipinski definition) is 2. The van der Waals surface area contributed by atoms with Crippen LogP contribution in [0.4, 0.5) is 20.2 Å². The van der Waals surface area contributed by atoms with E-state index in [1.807, 2.05) is 0 Å². The molecule has 0 spiro atoms. The van der Waals surface area contributed by atoms with Crippen molar-refractivity contribution < 1.29 is 18.7 Å². The average molecular weight is 309 g/mol. The van der Waals surface area contributed by atoms with Crippen LogP contribution in [-0.2, 0) is 0 Å². The van der Waals surface area contributed by atoms with Crippen molar-refractivity contribution in [1.29, 1.82) is 5.26 Å². The van der Waals surface area contributed by atoms with Crippen LogP contribution < -0.4 is 5.32 Å². The summed E-state index contributed by atoms with van der Waals surface area (Å²) in [5.74, 6) is -4.37. The molecule has 0 aromatic heterocycles. The maximum atomic E-state index is 14.0. The van der Waals surface area contributed by atoms with Crippen molar-refractivity contribution in [3.63, 3.8) is 0 Å². The summed E-state index contributed by atoms with van der Waals surface area (Å²) in [4.78, 5) is 11.2. The first-order chi connectivity index (χ1) is 9.95. The third-order valence-electron chi connectivity index (χ3n) is 2.69. The third kappa shape index (κ3) is 2.78. The Morgan fingerprint density at radius 1 is 1.29 bits per heavy atom. The maximum Gasteiger partial charge on any atom is 0.337 e. The summed E-state index contributed by atoms with van der Waals surface area (Å²) < 4.78 is 27.6. The van der Waals surface area contributed by atoms with Crippen LogP contribution in [0.1, 0.15) is 15.9 Å². The van der Waals surface area contributed by atoms with Gasteiger partial charge in [0.25, 0.3) is 0 Å². The van der Waals surface area contributed by atoms with Crippen molar-refractivity contribution in [3.05, 3.63) is 58.1 Å². The molecule has 0 saturated carbocycles. The fraction of sp³-hybridized carbons (Fsp3) is 0. The number of aromatic carboxylic acids is 1. The largest absolute Gasteiger partial charge is 0.478 e. The molecule has 7 heteroatoms. The molecule has 2 aromatic carbocycles. The van der Waals surface area contributed by atoms with Gasteiger partial charge in [-0.1, -0.05) is 23.7 Å². The molecule has 0 unspecified atom stereocenters. The minimum Gasteiger partial charge on any atom is -0.478 e. The summed E-state index contributed by atoms with van der Waals surface area (Å²) >= 11 is 5.88. The molecule has 4 nitrogen and oxygen atoms in total. The highest BCUT2D eigenvalue weighted by molar-refractivity contribution is 6.33. The van der Waals surface area contributed by atoms with Crippen molar-refractivity contribution in [2.45, 2.75) is 0 Å². The number of hydrogen-bond acceptors (Lipinski definition) is 3. The lowest BCUT2D eigenvalue weighted by Crippen LogP contribution is -2.08. The lowest BCUT2D eigenvalue weighted by molar-refractivity contribution is 0.0697. The molecule has 21 heavy (non-hydrogen) atoms. The van der Waals surface area contributed by atoms with Crippen molar-refractivity contribution in [2.24, 2.45) is 0 Å². The van der Waals surface area contributed by atoms with Gasteiger partial charge in [0, 0.05) is 0 Å². The molecule has 2 N–H and O–H groups in total. The second-order valence-electron chi connectivity index (χ2n) is 4.00. The van der Waals surface area contributed by atoms with Gasteiger partial charge in [-0.25, -0.2) is 13.6 Å². The highest BCUT2D eigenvalue weighted by Crippen LogP contribution is 2.31. The van der Waals surface area contributed by atoms with Gasteiger partial charge >= 0.3 is 5.97 Å². The van der Waals surface area contributed by atoms with E-state index in [4.69, 9.17) is 22.0 Å². The van der Waals surface area contributed by atoms with Crippen LogP contribution in [0.25, 0.3) is 0 Å². The molecule has 0 amide bonds. The molecule has 0 saturated heterocycles. The van der Waals surface area contributed by atoms with E-state index in [2.05, 4.69) is 5.32 Å². The van der Waals surface area contributed by atoms with Gasteiger partial charge in [-0.2, -0.15) is 5.26 Å². The van der Waals surface area contributed by atoms with Crippen molar-refractivity contribution in [1.82, 2.24) is 0 Å². The zero-order valence-electron chi connectivity index (χ0n) is 10.3. The average Bonchev–Trinajstić information content (AvgIpc) is 2.46. The molecule has 0 radical (unpaired) electrons. The molecular formula is C14H7ClF2N2O2. The highest BCUT2D eigenvalue weighted by Gasteiger charge is 2.22. The van der Waals surface area contributed by atoms with E-state index in [1.54, 1.807) is 12.1 Å². The van der Waals surface area contributed by atoms with Crippen LogP contribution >= 0.6 is 11.6 Å². The van der Waals surface area contributed by atoms with Crippen molar-refractivity contribution in [2.75, 3.05) is 5.32 Å². The SMILES string of the molecule is N#Cc1cc(C(=O)O)c(Nc2ccccc2Cl)c(F)c1F. The molecule has 0 aliphatic carbocycles. The normalized spacial score (nSPS) is 10.0. The van der Waals surface area contributed by atoms with Crippen LogP contribution in [0.15, 0.2) is 30.3 Å². The number of nitriles is 1. The first kappa shape index (κ1) is 14.8. The minimum atomic E-state index is -1.50. The molecule has 0 aliphatic rings. The fourth-order valence-corrected chi connectivity index (χ4v) is 1.88. The molecule has 2 rings (SSSR count). The number of anilines is 2. The Bertz CT molecular complexity index is 772. The molecular weight excluding hydrogens is 302 g/mol. The number of nitrogens with zero attached hydrogens (tertiary/aromatic N) is 1. The first-order valence-corrected chi connectivity index (χ1v) is 6.00. The number of carboxylic acids is 1. The Balaban J connectivity index is 2.63. The number of carboxylic acid groups (broad SMARTS) is 1. The summed E-state index contributed by atoms with van der Waals surface area (Å²) in [6.45, 7) is 0. The van der Waals surface area contributed by atoms with E-state index in [-0.39, 0.29) is 10.7 Å². The summed E-state index contributed by atoms with van der Waals surface area (Å²) in [7, 11) is 0. The van der Waals surface area contributed by atoms with Crippen LogP contribution in [0.5, 0.6) is 0 Å². The van der Waals surface area contributed by atoms with Gasteiger partial charge in [-0.05, 0) is 18.2 Å². The fourth-order valence-electron chi connectivity index (χ4n) is 1.70. The van der Waals surface area contributed by atoms with E-state index in [1.165, 1.54) is 18.2 Å². The lowest BCUT2D eigenvalue weighted by atomic mass is 10.1. The standard InChI is InChI=1S/C14H7ClF2N2O2/c15-9-3-1-2-4-10(9)19-13-8(14(20)21)5-7(6-18)11(16)12(13)17/h1-5,19H,(H,20,21). The van der Waals surface area contributed by atoms with E-state index in [9.17, 15) is 13.6 Å². The lowest BCUT2D eigenvalue weighted by Gasteiger charge is -2.13. The minimum absolute atomic E-state index is 0.206. The zero-order valence-corrected chi connectivity index (χ0v) is 11.1. The smallest absolute Gasteiger partial charge is 0.337 e. The quantitative estimate of drug-likeness (QED) is 0.901.